The van der Waals surface area contributed by atoms with Crippen molar-refractivity contribution in [3.8, 4) is 0 Å². The van der Waals surface area contributed by atoms with Gasteiger partial charge in [0.15, 0.2) is 0 Å². The third-order valence-electron chi connectivity index (χ3n) is 4.32. The molecule has 2 aliphatic heterocycles. The van der Waals surface area contributed by atoms with E-state index in [9.17, 15) is 0 Å². The Balaban J connectivity index is 1.64. The van der Waals surface area contributed by atoms with Gasteiger partial charge in [-0.2, -0.15) is 0 Å². The molecule has 0 amide bonds. The lowest BCUT2D eigenvalue weighted by molar-refractivity contribution is -0.951. The van der Waals surface area contributed by atoms with Crippen LogP contribution in [0.2, 0.25) is 0 Å². The third-order valence-corrected chi connectivity index (χ3v) is 4.32. The number of quaternary nitrogens is 1. The average molecular weight is 232 g/mol. The van der Waals surface area contributed by atoms with Gasteiger partial charge in [0.1, 0.15) is 6.61 Å². The van der Waals surface area contributed by atoms with Gasteiger partial charge in [-0.25, -0.2) is 0 Å². The van der Waals surface area contributed by atoms with Gasteiger partial charge in [-0.15, -0.1) is 0 Å². The SMILES string of the molecule is c1ccc(CC[N+]2(C3CO3)CCCCC2)cc1. The molecule has 0 aromatic heterocycles. The van der Waals surface area contributed by atoms with E-state index in [0.29, 0.717) is 6.23 Å². The van der Waals surface area contributed by atoms with Gasteiger partial charge in [0.25, 0.3) is 0 Å². The highest BCUT2D eigenvalue weighted by molar-refractivity contribution is 5.14. The van der Waals surface area contributed by atoms with Gasteiger partial charge in [-0.3, -0.25) is 4.48 Å². The monoisotopic (exact) mass is 232 g/mol. The summed E-state index contributed by atoms with van der Waals surface area (Å²) in [6.45, 7) is 4.92. The van der Waals surface area contributed by atoms with Crippen LogP contribution in [0.1, 0.15) is 24.8 Å². The molecule has 1 unspecified atom stereocenters. The molecule has 0 N–H and O–H groups in total. The van der Waals surface area contributed by atoms with Crippen LogP contribution in [0.3, 0.4) is 0 Å². The first-order valence-corrected chi connectivity index (χ1v) is 6.90. The van der Waals surface area contributed by atoms with Crippen LogP contribution in [-0.2, 0) is 11.2 Å². The molecule has 2 aliphatic rings. The summed E-state index contributed by atoms with van der Waals surface area (Å²) in [6, 6.07) is 10.9. The van der Waals surface area contributed by atoms with Crippen molar-refractivity contribution in [3.63, 3.8) is 0 Å². The minimum absolute atomic E-state index is 0.527. The number of nitrogens with zero attached hydrogens (tertiary/aromatic N) is 1. The molecule has 0 saturated carbocycles. The maximum Gasteiger partial charge on any atom is 0.217 e. The molecule has 3 rings (SSSR count). The van der Waals surface area contributed by atoms with Crippen molar-refractivity contribution < 1.29 is 9.22 Å². The zero-order valence-corrected chi connectivity index (χ0v) is 10.5. The summed E-state index contributed by atoms with van der Waals surface area (Å²) in [6.07, 6.45) is 5.90. The largest absolute Gasteiger partial charge is 0.318 e. The fourth-order valence-electron chi connectivity index (χ4n) is 3.15. The summed E-state index contributed by atoms with van der Waals surface area (Å²) in [5, 5.41) is 0. The molecule has 17 heavy (non-hydrogen) atoms. The zero-order valence-electron chi connectivity index (χ0n) is 10.5. The number of ether oxygens (including phenoxy) is 1. The van der Waals surface area contributed by atoms with Crippen molar-refractivity contribution in [1.29, 1.82) is 0 Å². The van der Waals surface area contributed by atoms with Crippen molar-refractivity contribution >= 4 is 0 Å². The second-order valence-electron chi connectivity index (χ2n) is 5.47. The van der Waals surface area contributed by atoms with Gasteiger partial charge >= 0.3 is 0 Å². The summed E-state index contributed by atoms with van der Waals surface area (Å²) in [5.74, 6) is 0. The number of piperidine rings is 1. The lowest BCUT2D eigenvalue weighted by atomic mass is 10.0. The van der Waals surface area contributed by atoms with E-state index < -0.39 is 0 Å². The molecule has 0 radical (unpaired) electrons. The normalized spacial score (nSPS) is 26.7. The molecular formula is C15H22NO+. The molecule has 2 nitrogen and oxygen atoms in total. The molecule has 1 aromatic carbocycles. The fourth-order valence-corrected chi connectivity index (χ4v) is 3.15. The predicted octanol–water partition coefficient (Wildman–Crippen LogP) is 2.59. The Morgan fingerprint density at radius 1 is 1.06 bits per heavy atom. The van der Waals surface area contributed by atoms with Gasteiger partial charge in [-0.1, -0.05) is 30.3 Å². The minimum atomic E-state index is 0.527. The van der Waals surface area contributed by atoms with Gasteiger partial charge in [0.05, 0.1) is 19.6 Å². The standard InChI is InChI=1S/C15H22NO/c1-3-7-14(8-4-1)9-12-16(15-13-17-15)10-5-2-6-11-16/h1,3-4,7-8,15H,2,5-6,9-13H2/q+1. The highest BCUT2D eigenvalue weighted by Gasteiger charge is 2.46. The summed E-state index contributed by atoms with van der Waals surface area (Å²) < 4.78 is 6.84. The molecule has 2 heteroatoms. The van der Waals surface area contributed by atoms with Crippen molar-refractivity contribution in [2.24, 2.45) is 0 Å². The van der Waals surface area contributed by atoms with Crippen molar-refractivity contribution in [1.82, 2.24) is 0 Å². The Labute approximate surface area is 104 Å². The number of likely N-dealkylation sites (tertiary alicyclic amines) is 1. The summed E-state index contributed by atoms with van der Waals surface area (Å²) >= 11 is 0. The number of rotatable bonds is 4. The number of benzene rings is 1. The average Bonchev–Trinajstić information content (AvgIpc) is 3.24. The quantitative estimate of drug-likeness (QED) is 0.574. The third kappa shape index (κ3) is 2.53. The Morgan fingerprint density at radius 2 is 1.76 bits per heavy atom. The first-order valence-electron chi connectivity index (χ1n) is 6.90. The Kier molecular flexibility index (Phi) is 3.17. The minimum Gasteiger partial charge on any atom is -0.318 e. The van der Waals surface area contributed by atoms with Crippen LogP contribution in [0.5, 0.6) is 0 Å². The molecule has 1 aromatic rings. The molecular weight excluding hydrogens is 210 g/mol. The van der Waals surface area contributed by atoms with E-state index in [0.717, 1.165) is 6.61 Å². The van der Waals surface area contributed by atoms with E-state index in [1.54, 1.807) is 0 Å². The summed E-state index contributed by atoms with van der Waals surface area (Å²) in [4.78, 5) is 0. The van der Waals surface area contributed by atoms with Crippen molar-refractivity contribution in [3.05, 3.63) is 35.9 Å². The van der Waals surface area contributed by atoms with Crippen LogP contribution in [0.4, 0.5) is 0 Å². The highest BCUT2D eigenvalue weighted by Crippen LogP contribution is 2.30. The van der Waals surface area contributed by atoms with Crippen molar-refractivity contribution in [2.75, 3.05) is 26.2 Å². The van der Waals surface area contributed by atoms with E-state index in [1.165, 1.54) is 55.4 Å². The highest BCUT2D eigenvalue weighted by atomic mass is 16.6. The first-order chi connectivity index (χ1) is 8.39. The van der Waals surface area contributed by atoms with Gasteiger partial charge in [0, 0.05) is 6.42 Å². The molecule has 0 aliphatic carbocycles. The lowest BCUT2D eigenvalue weighted by Gasteiger charge is -2.40. The van der Waals surface area contributed by atoms with Crippen LogP contribution in [-0.4, -0.2) is 37.0 Å². The Bertz CT molecular complexity index is 352. The number of hydrogen-bond donors (Lipinski definition) is 0. The Morgan fingerprint density at radius 3 is 2.41 bits per heavy atom. The van der Waals surface area contributed by atoms with E-state index in [1.807, 2.05) is 0 Å². The van der Waals surface area contributed by atoms with Gasteiger partial charge < -0.3 is 4.74 Å². The predicted molar refractivity (Wildman–Crippen MR) is 68.6 cm³/mol. The first kappa shape index (κ1) is 11.2. The van der Waals surface area contributed by atoms with Crippen LogP contribution in [0.15, 0.2) is 30.3 Å². The molecule has 0 bridgehead atoms. The van der Waals surface area contributed by atoms with Crippen LogP contribution < -0.4 is 0 Å². The lowest BCUT2D eigenvalue weighted by Crippen LogP contribution is -2.54. The number of hydrogen-bond acceptors (Lipinski definition) is 1. The van der Waals surface area contributed by atoms with E-state index in [-0.39, 0.29) is 0 Å². The Hall–Kier alpha value is -0.860. The summed E-state index contributed by atoms with van der Waals surface area (Å²) in [5.41, 5.74) is 1.47. The summed E-state index contributed by atoms with van der Waals surface area (Å²) in [7, 11) is 0. The van der Waals surface area contributed by atoms with Gasteiger partial charge in [0.2, 0.25) is 6.23 Å². The van der Waals surface area contributed by atoms with E-state index in [2.05, 4.69) is 30.3 Å². The topological polar surface area (TPSA) is 12.5 Å². The maximum atomic E-state index is 5.61. The molecule has 2 saturated heterocycles. The van der Waals surface area contributed by atoms with Gasteiger partial charge in [-0.05, 0) is 24.8 Å². The van der Waals surface area contributed by atoms with Crippen molar-refractivity contribution in [2.45, 2.75) is 31.9 Å². The molecule has 2 fully saturated rings. The second-order valence-corrected chi connectivity index (χ2v) is 5.47. The van der Waals surface area contributed by atoms with E-state index in [4.69, 9.17) is 4.74 Å². The second kappa shape index (κ2) is 4.79. The maximum absolute atomic E-state index is 5.61. The smallest absolute Gasteiger partial charge is 0.217 e. The number of epoxide rings is 1. The fraction of sp³-hybridized carbons (Fsp3) is 0.600. The molecule has 92 valence electrons. The molecule has 1 atom stereocenters. The van der Waals surface area contributed by atoms with Crippen LogP contribution in [0.25, 0.3) is 0 Å². The molecule has 2 heterocycles. The van der Waals surface area contributed by atoms with Crippen LogP contribution in [0, 0.1) is 0 Å². The zero-order chi connectivity index (χ0) is 11.6. The van der Waals surface area contributed by atoms with Crippen LogP contribution >= 0.6 is 0 Å². The van der Waals surface area contributed by atoms with E-state index >= 15 is 0 Å². The molecule has 0 spiro atoms.